The average molecular weight is 306 g/mol. The summed E-state index contributed by atoms with van der Waals surface area (Å²) in [6.45, 7) is 3.02. The highest BCUT2D eigenvalue weighted by Crippen LogP contribution is 2.21. The van der Waals surface area contributed by atoms with E-state index in [1.807, 2.05) is 16.9 Å². The Morgan fingerprint density at radius 2 is 2.28 bits per heavy atom. The second kappa shape index (κ2) is 4.86. The molecule has 1 fully saturated rings. The van der Waals surface area contributed by atoms with Crippen molar-refractivity contribution in [2.75, 3.05) is 0 Å². The van der Waals surface area contributed by atoms with Crippen molar-refractivity contribution in [3.8, 4) is 5.69 Å². The number of aryl methyl sites for hydroxylation is 1. The van der Waals surface area contributed by atoms with Crippen LogP contribution in [0.25, 0.3) is 5.69 Å². The molecule has 94 valence electrons. The summed E-state index contributed by atoms with van der Waals surface area (Å²) in [7, 11) is 0. The van der Waals surface area contributed by atoms with Crippen LogP contribution in [-0.4, -0.2) is 15.8 Å². The predicted octanol–water partition coefficient (Wildman–Crippen LogP) is 3.20. The molecule has 1 aliphatic rings. The second-order valence-corrected chi connectivity index (χ2v) is 5.79. The maximum absolute atomic E-state index is 4.44. The van der Waals surface area contributed by atoms with E-state index in [4.69, 9.17) is 0 Å². The van der Waals surface area contributed by atoms with Crippen LogP contribution in [-0.2, 0) is 6.54 Å². The molecule has 0 saturated heterocycles. The fourth-order valence-electron chi connectivity index (χ4n) is 2.01. The van der Waals surface area contributed by atoms with E-state index in [0.717, 1.165) is 22.7 Å². The number of halogens is 1. The zero-order valence-corrected chi connectivity index (χ0v) is 11.9. The van der Waals surface area contributed by atoms with Crippen LogP contribution >= 0.6 is 15.9 Å². The van der Waals surface area contributed by atoms with Gasteiger partial charge in [-0.05, 0) is 43.5 Å². The van der Waals surface area contributed by atoms with Crippen LogP contribution in [0.2, 0.25) is 0 Å². The first-order valence-corrected chi connectivity index (χ1v) is 7.05. The third kappa shape index (κ3) is 2.65. The van der Waals surface area contributed by atoms with Crippen molar-refractivity contribution in [2.24, 2.45) is 0 Å². The van der Waals surface area contributed by atoms with Crippen molar-refractivity contribution >= 4 is 15.9 Å². The summed E-state index contributed by atoms with van der Waals surface area (Å²) in [5.74, 6) is 0. The van der Waals surface area contributed by atoms with Gasteiger partial charge in [0.1, 0.15) is 0 Å². The SMILES string of the molecule is Cc1cc(Br)ccc1-n1cc(CNC2CC2)cn1. The van der Waals surface area contributed by atoms with Crippen molar-refractivity contribution in [3.63, 3.8) is 0 Å². The molecule has 0 atom stereocenters. The Labute approximate surface area is 115 Å². The van der Waals surface area contributed by atoms with Crippen molar-refractivity contribution in [3.05, 3.63) is 46.2 Å². The van der Waals surface area contributed by atoms with Gasteiger partial charge >= 0.3 is 0 Å². The lowest BCUT2D eigenvalue weighted by atomic mass is 10.2. The lowest BCUT2D eigenvalue weighted by Gasteiger charge is -2.05. The molecule has 3 nitrogen and oxygen atoms in total. The molecule has 0 amide bonds. The molecule has 0 aliphatic heterocycles. The molecule has 1 aromatic carbocycles. The van der Waals surface area contributed by atoms with Crippen molar-refractivity contribution in [1.29, 1.82) is 0 Å². The molecule has 1 aliphatic carbocycles. The highest BCUT2D eigenvalue weighted by Gasteiger charge is 2.20. The van der Waals surface area contributed by atoms with Crippen LogP contribution in [0.1, 0.15) is 24.0 Å². The van der Waals surface area contributed by atoms with E-state index in [2.05, 4.69) is 51.6 Å². The van der Waals surface area contributed by atoms with Crippen LogP contribution in [0.4, 0.5) is 0 Å². The van der Waals surface area contributed by atoms with E-state index in [9.17, 15) is 0 Å². The summed E-state index contributed by atoms with van der Waals surface area (Å²) < 4.78 is 3.05. The van der Waals surface area contributed by atoms with Gasteiger partial charge in [-0.1, -0.05) is 15.9 Å². The lowest BCUT2D eigenvalue weighted by Crippen LogP contribution is -2.14. The Hall–Kier alpha value is -1.13. The van der Waals surface area contributed by atoms with Crippen LogP contribution in [0.5, 0.6) is 0 Å². The van der Waals surface area contributed by atoms with E-state index < -0.39 is 0 Å². The Morgan fingerprint density at radius 1 is 1.44 bits per heavy atom. The molecule has 1 saturated carbocycles. The number of aromatic nitrogens is 2. The first-order valence-electron chi connectivity index (χ1n) is 6.26. The van der Waals surface area contributed by atoms with E-state index >= 15 is 0 Å². The summed E-state index contributed by atoms with van der Waals surface area (Å²) >= 11 is 3.48. The fraction of sp³-hybridized carbons (Fsp3) is 0.357. The smallest absolute Gasteiger partial charge is 0.0675 e. The molecule has 0 spiro atoms. The molecule has 0 bridgehead atoms. The third-order valence-corrected chi connectivity index (χ3v) is 3.71. The van der Waals surface area contributed by atoms with Crippen LogP contribution in [0, 0.1) is 6.92 Å². The summed E-state index contributed by atoms with van der Waals surface area (Å²) in [4.78, 5) is 0. The van der Waals surface area contributed by atoms with Crippen LogP contribution < -0.4 is 5.32 Å². The quantitative estimate of drug-likeness (QED) is 0.940. The Bertz CT molecular complexity index is 558. The number of hydrogen-bond donors (Lipinski definition) is 1. The Kier molecular flexibility index (Phi) is 3.22. The molecule has 4 heteroatoms. The van der Waals surface area contributed by atoms with E-state index in [0.29, 0.717) is 0 Å². The Morgan fingerprint density at radius 3 is 3.00 bits per heavy atom. The van der Waals surface area contributed by atoms with Gasteiger partial charge in [0.05, 0.1) is 11.9 Å². The van der Waals surface area contributed by atoms with Gasteiger partial charge in [0, 0.05) is 28.8 Å². The van der Waals surface area contributed by atoms with Crippen molar-refractivity contribution in [1.82, 2.24) is 15.1 Å². The maximum Gasteiger partial charge on any atom is 0.0675 e. The molecule has 0 unspecified atom stereocenters. The molecule has 0 radical (unpaired) electrons. The summed E-state index contributed by atoms with van der Waals surface area (Å²) in [6.07, 6.45) is 6.68. The maximum atomic E-state index is 4.44. The monoisotopic (exact) mass is 305 g/mol. The van der Waals surface area contributed by atoms with Crippen LogP contribution in [0.3, 0.4) is 0 Å². The second-order valence-electron chi connectivity index (χ2n) is 4.88. The molecular weight excluding hydrogens is 290 g/mol. The van der Waals surface area contributed by atoms with E-state index in [-0.39, 0.29) is 0 Å². The van der Waals surface area contributed by atoms with Gasteiger partial charge in [-0.2, -0.15) is 5.10 Å². The van der Waals surface area contributed by atoms with Crippen molar-refractivity contribution in [2.45, 2.75) is 32.4 Å². The van der Waals surface area contributed by atoms with Gasteiger partial charge in [-0.3, -0.25) is 0 Å². The lowest BCUT2D eigenvalue weighted by molar-refractivity contribution is 0.687. The number of benzene rings is 1. The van der Waals surface area contributed by atoms with Gasteiger partial charge in [-0.25, -0.2) is 4.68 Å². The highest BCUT2D eigenvalue weighted by molar-refractivity contribution is 9.10. The predicted molar refractivity (Wildman–Crippen MR) is 75.9 cm³/mol. The number of hydrogen-bond acceptors (Lipinski definition) is 2. The minimum Gasteiger partial charge on any atom is -0.310 e. The Balaban J connectivity index is 1.78. The molecule has 1 aromatic heterocycles. The summed E-state index contributed by atoms with van der Waals surface area (Å²) in [5, 5.41) is 7.94. The zero-order valence-electron chi connectivity index (χ0n) is 10.4. The van der Waals surface area contributed by atoms with E-state index in [1.54, 1.807) is 0 Å². The number of nitrogens with one attached hydrogen (secondary N) is 1. The topological polar surface area (TPSA) is 29.9 Å². The first-order chi connectivity index (χ1) is 8.72. The molecular formula is C14H16BrN3. The number of nitrogens with zero attached hydrogens (tertiary/aromatic N) is 2. The average Bonchev–Trinajstić information content (AvgIpc) is 3.05. The third-order valence-electron chi connectivity index (χ3n) is 3.21. The minimum absolute atomic E-state index is 0.739. The van der Waals surface area contributed by atoms with Gasteiger partial charge in [0.2, 0.25) is 0 Å². The molecule has 18 heavy (non-hydrogen) atoms. The largest absolute Gasteiger partial charge is 0.310 e. The minimum atomic E-state index is 0.739. The van der Waals surface area contributed by atoms with Crippen molar-refractivity contribution < 1.29 is 0 Å². The first kappa shape index (κ1) is 11.9. The zero-order chi connectivity index (χ0) is 12.5. The highest BCUT2D eigenvalue weighted by atomic mass is 79.9. The molecule has 3 rings (SSSR count). The summed E-state index contributed by atoms with van der Waals surface area (Å²) in [6, 6.07) is 6.98. The van der Waals surface area contributed by atoms with Gasteiger partial charge in [-0.15, -0.1) is 0 Å². The van der Waals surface area contributed by atoms with E-state index in [1.165, 1.54) is 24.0 Å². The van der Waals surface area contributed by atoms with Gasteiger partial charge < -0.3 is 5.32 Å². The fourth-order valence-corrected chi connectivity index (χ4v) is 2.48. The molecule has 1 heterocycles. The molecule has 2 aromatic rings. The number of rotatable bonds is 4. The van der Waals surface area contributed by atoms with Gasteiger partial charge in [0.15, 0.2) is 0 Å². The summed E-state index contributed by atoms with van der Waals surface area (Å²) in [5.41, 5.74) is 3.59. The van der Waals surface area contributed by atoms with Crippen LogP contribution in [0.15, 0.2) is 35.1 Å². The standard InChI is InChI=1S/C14H16BrN3/c1-10-6-12(15)2-5-14(10)18-9-11(8-17-18)7-16-13-3-4-13/h2,5-6,8-9,13,16H,3-4,7H2,1H3. The van der Waals surface area contributed by atoms with Gasteiger partial charge in [0.25, 0.3) is 0 Å². The normalized spacial score (nSPS) is 15.0. The molecule has 1 N–H and O–H groups in total.